The Labute approximate surface area is 173 Å². The molecular formula is C23H34O6. The van der Waals surface area contributed by atoms with Gasteiger partial charge in [-0.2, -0.15) is 0 Å². The molecule has 0 aromatic rings. The number of methoxy groups -OCH3 is 2. The number of hydrogen-bond acceptors (Lipinski definition) is 6. The van der Waals surface area contributed by atoms with Crippen LogP contribution in [0.4, 0.5) is 0 Å². The van der Waals surface area contributed by atoms with Gasteiger partial charge in [0.25, 0.3) is 0 Å². The van der Waals surface area contributed by atoms with Crippen LogP contribution < -0.4 is 0 Å². The number of rotatable bonds is 11. The van der Waals surface area contributed by atoms with Gasteiger partial charge in [-0.3, -0.25) is 9.59 Å². The van der Waals surface area contributed by atoms with Crippen LogP contribution in [-0.4, -0.2) is 48.2 Å². The second-order valence-electron chi connectivity index (χ2n) is 7.52. The Morgan fingerprint density at radius 3 is 2.07 bits per heavy atom. The lowest BCUT2D eigenvalue weighted by atomic mass is 9.90. The fourth-order valence-corrected chi connectivity index (χ4v) is 3.08. The number of ketones is 2. The van der Waals surface area contributed by atoms with Crippen molar-refractivity contribution in [1.82, 2.24) is 0 Å². The predicted molar refractivity (Wildman–Crippen MR) is 112 cm³/mol. The van der Waals surface area contributed by atoms with E-state index in [1.807, 2.05) is 19.9 Å². The second kappa shape index (κ2) is 11.7. The molecule has 162 valence electrons. The van der Waals surface area contributed by atoms with E-state index in [1.165, 1.54) is 19.8 Å². The molecule has 0 radical (unpaired) electrons. The van der Waals surface area contributed by atoms with Gasteiger partial charge in [0, 0.05) is 11.1 Å². The molecule has 0 spiro atoms. The molecule has 1 rings (SSSR count). The fraction of sp³-hybridized carbons (Fsp3) is 0.565. The minimum atomic E-state index is -0.714. The van der Waals surface area contributed by atoms with Crippen molar-refractivity contribution < 1.29 is 29.3 Å². The highest BCUT2D eigenvalue weighted by Gasteiger charge is 2.34. The van der Waals surface area contributed by atoms with Crippen molar-refractivity contribution in [3.63, 3.8) is 0 Å². The van der Waals surface area contributed by atoms with Gasteiger partial charge in [0.2, 0.25) is 23.1 Å². The Morgan fingerprint density at radius 2 is 1.52 bits per heavy atom. The normalized spacial score (nSPS) is 18.3. The fourth-order valence-electron chi connectivity index (χ4n) is 3.08. The average Bonchev–Trinajstić information content (AvgIpc) is 2.68. The van der Waals surface area contributed by atoms with Gasteiger partial charge in [-0.05, 0) is 59.8 Å². The molecule has 1 aliphatic carbocycles. The molecule has 0 aromatic heterocycles. The first-order valence-electron chi connectivity index (χ1n) is 9.92. The molecule has 2 atom stereocenters. The van der Waals surface area contributed by atoms with Crippen LogP contribution in [0.25, 0.3) is 0 Å². The van der Waals surface area contributed by atoms with Crippen LogP contribution in [0.5, 0.6) is 0 Å². The standard InChI is InChI=1S/C23H34O6/c1-14(8-7-9-15(2)11-13-19(25)17(4)24)10-12-18-16(3)20(26)22(28-5)23(29-6)21(18)27/h9-10,17,19,24-25H,7-8,11-13H2,1-6H3. The quantitative estimate of drug-likeness (QED) is 0.403. The summed E-state index contributed by atoms with van der Waals surface area (Å²) in [6.07, 6.45) is 6.02. The number of carbonyl (C=O) groups excluding carboxylic acids is 2. The summed E-state index contributed by atoms with van der Waals surface area (Å²) >= 11 is 0. The van der Waals surface area contributed by atoms with Gasteiger partial charge in [0.1, 0.15) is 0 Å². The summed E-state index contributed by atoms with van der Waals surface area (Å²) in [5.41, 5.74) is 3.13. The lowest BCUT2D eigenvalue weighted by molar-refractivity contribution is -0.121. The molecule has 0 fully saturated rings. The summed E-state index contributed by atoms with van der Waals surface area (Å²) < 4.78 is 10.1. The Bertz CT molecular complexity index is 736. The maximum atomic E-state index is 12.6. The molecule has 0 aromatic carbocycles. The Kier molecular flexibility index (Phi) is 10.1. The molecule has 29 heavy (non-hydrogen) atoms. The molecule has 6 heteroatoms. The van der Waals surface area contributed by atoms with Gasteiger partial charge in [0.15, 0.2) is 0 Å². The lowest BCUT2D eigenvalue weighted by Gasteiger charge is -2.19. The van der Waals surface area contributed by atoms with Gasteiger partial charge in [0.05, 0.1) is 26.4 Å². The minimum absolute atomic E-state index is 0.0397. The van der Waals surface area contributed by atoms with Gasteiger partial charge < -0.3 is 19.7 Å². The van der Waals surface area contributed by atoms with E-state index in [1.54, 1.807) is 13.8 Å². The van der Waals surface area contributed by atoms with E-state index in [-0.39, 0.29) is 23.1 Å². The number of hydrogen-bond donors (Lipinski definition) is 2. The highest BCUT2D eigenvalue weighted by molar-refractivity contribution is 6.23. The SMILES string of the molecule is COC1=C(OC)C(=O)C(CC=C(C)CCC=C(C)CCC(O)C(C)O)=C(C)C1=O. The number of Topliss-reactive ketones (excluding diaryl/α,β-unsaturated/α-hetero) is 2. The topological polar surface area (TPSA) is 93.1 Å². The van der Waals surface area contributed by atoms with E-state index in [2.05, 4.69) is 6.08 Å². The molecule has 0 heterocycles. The average molecular weight is 407 g/mol. The van der Waals surface area contributed by atoms with E-state index >= 15 is 0 Å². The number of aliphatic hydroxyl groups excluding tert-OH is 2. The van der Waals surface area contributed by atoms with Crippen LogP contribution in [0.2, 0.25) is 0 Å². The summed E-state index contributed by atoms with van der Waals surface area (Å²) in [5, 5.41) is 19.0. The van der Waals surface area contributed by atoms with Crippen LogP contribution >= 0.6 is 0 Å². The highest BCUT2D eigenvalue weighted by atomic mass is 16.5. The number of carbonyl (C=O) groups is 2. The Morgan fingerprint density at radius 1 is 0.966 bits per heavy atom. The third-order valence-corrected chi connectivity index (χ3v) is 5.17. The summed E-state index contributed by atoms with van der Waals surface area (Å²) in [4.78, 5) is 25.0. The molecule has 0 amide bonds. The highest BCUT2D eigenvalue weighted by Crippen LogP contribution is 2.28. The Hall–Kier alpha value is -2.18. The smallest absolute Gasteiger partial charge is 0.228 e. The summed E-state index contributed by atoms with van der Waals surface area (Å²) in [5.74, 6) is -0.705. The molecule has 0 saturated carbocycles. The van der Waals surface area contributed by atoms with Gasteiger partial charge in [-0.1, -0.05) is 23.3 Å². The molecular weight excluding hydrogens is 372 g/mol. The van der Waals surface area contributed by atoms with E-state index in [9.17, 15) is 19.8 Å². The van der Waals surface area contributed by atoms with Crippen molar-refractivity contribution in [3.05, 3.63) is 46.0 Å². The van der Waals surface area contributed by atoms with Gasteiger partial charge >= 0.3 is 0 Å². The first kappa shape index (κ1) is 24.9. The van der Waals surface area contributed by atoms with Crippen molar-refractivity contribution in [2.75, 3.05) is 14.2 Å². The van der Waals surface area contributed by atoms with Crippen molar-refractivity contribution in [2.24, 2.45) is 0 Å². The molecule has 2 N–H and O–H groups in total. The van der Waals surface area contributed by atoms with Crippen molar-refractivity contribution in [2.45, 2.75) is 72.0 Å². The zero-order valence-corrected chi connectivity index (χ0v) is 18.4. The Balaban J connectivity index is 2.67. The first-order chi connectivity index (χ1) is 13.6. The lowest BCUT2D eigenvalue weighted by Crippen LogP contribution is -2.24. The van der Waals surface area contributed by atoms with Gasteiger partial charge in [-0.25, -0.2) is 0 Å². The maximum absolute atomic E-state index is 12.6. The third-order valence-electron chi connectivity index (χ3n) is 5.17. The number of ether oxygens (including phenoxy) is 2. The third kappa shape index (κ3) is 6.98. The molecule has 0 aliphatic heterocycles. The van der Waals surface area contributed by atoms with E-state index < -0.39 is 12.2 Å². The number of allylic oxidation sites excluding steroid dienone is 6. The van der Waals surface area contributed by atoms with Crippen LogP contribution in [0.15, 0.2) is 46.0 Å². The van der Waals surface area contributed by atoms with Gasteiger partial charge in [-0.15, -0.1) is 0 Å². The van der Waals surface area contributed by atoms with Crippen molar-refractivity contribution in [3.8, 4) is 0 Å². The van der Waals surface area contributed by atoms with E-state index in [4.69, 9.17) is 9.47 Å². The first-order valence-corrected chi connectivity index (χ1v) is 9.92. The van der Waals surface area contributed by atoms with Crippen molar-refractivity contribution in [1.29, 1.82) is 0 Å². The summed E-state index contributed by atoms with van der Waals surface area (Å²) in [7, 11) is 2.70. The van der Waals surface area contributed by atoms with Crippen molar-refractivity contribution >= 4 is 11.6 Å². The predicted octanol–water partition coefficient (Wildman–Crippen LogP) is 3.54. The zero-order valence-electron chi connectivity index (χ0n) is 18.4. The molecule has 0 bridgehead atoms. The molecule has 1 aliphatic rings. The second-order valence-corrected chi connectivity index (χ2v) is 7.52. The summed E-state index contributed by atoms with van der Waals surface area (Å²) in [6.45, 7) is 7.23. The zero-order chi connectivity index (χ0) is 22.1. The van der Waals surface area contributed by atoms with Crippen LogP contribution in [0, 0.1) is 0 Å². The minimum Gasteiger partial charge on any atom is -0.489 e. The molecule has 0 saturated heterocycles. The maximum Gasteiger partial charge on any atom is 0.228 e. The monoisotopic (exact) mass is 406 g/mol. The van der Waals surface area contributed by atoms with E-state index in [0.29, 0.717) is 24.0 Å². The van der Waals surface area contributed by atoms with E-state index in [0.717, 1.165) is 24.8 Å². The van der Waals surface area contributed by atoms with Crippen LogP contribution in [0.3, 0.4) is 0 Å². The van der Waals surface area contributed by atoms with Crippen LogP contribution in [-0.2, 0) is 19.1 Å². The van der Waals surface area contributed by atoms with Crippen LogP contribution in [0.1, 0.15) is 59.8 Å². The molecule has 2 unspecified atom stereocenters. The number of aliphatic hydroxyl groups is 2. The molecule has 6 nitrogen and oxygen atoms in total. The largest absolute Gasteiger partial charge is 0.489 e. The summed E-state index contributed by atoms with van der Waals surface area (Å²) in [6, 6.07) is 0.